The summed E-state index contributed by atoms with van der Waals surface area (Å²) in [7, 11) is 0. The van der Waals surface area contributed by atoms with Crippen molar-refractivity contribution in [2.45, 2.75) is 38.4 Å². The first-order valence-corrected chi connectivity index (χ1v) is 7.51. The third-order valence-corrected chi connectivity index (χ3v) is 3.85. The van der Waals surface area contributed by atoms with E-state index in [0.717, 1.165) is 25.0 Å². The first-order valence-electron chi connectivity index (χ1n) is 7.51. The predicted octanol–water partition coefficient (Wildman–Crippen LogP) is 2.90. The maximum atomic E-state index is 12.7. The fraction of sp³-hybridized carbons (Fsp3) is 0.500. The van der Waals surface area contributed by atoms with Crippen LogP contribution in [0.2, 0.25) is 0 Å². The minimum absolute atomic E-state index is 0.0534. The molecule has 126 valence electrons. The summed E-state index contributed by atoms with van der Waals surface area (Å²) < 4.78 is 38.1. The van der Waals surface area contributed by atoms with Crippen molar-refractivity contribution in [1.29, 1.82) is 0 Å². The lowest BCUT2D eigenvalue weighted by atomic mass is 10.0. The van der Waals surface area contributed by atoms with Gasteiger partial charge in [0, 0.05) is 13.0 Å². The molecule has 0 bridgehead atoms. The summed E-state index contributed by atoms with van der Waals surface area (Å²) in [6, 6.07) is 4.30. The van der Waals surface area contributed by atoms with Gasteiger partial charge in [0.2, 0.25) is 11.8 Å². The molecule has 4 nitrogen and oxygen atoms in total. The number of amides is 2. The monoisotopic (exact) mass is 328 g/mol. The van der Waals surface area contributed by atoms with E-state index in [-0.39, 0.29) is 18.4 Å². The van der Waals surface area contributed by atoms with E-state index in [9.17, 15) is 22.8 Å². The minimum atomic E-state index is -4.42. The van der Waals surface area contributed by atoms with Crippen LogP contribution < -0.4 is 5.32 Å². The standard InChI is InChI=1S/C16H19F3N2O2/c1-11(12-5-4-6-13(9-12)16(17,18)19)20-14(22)10-21-8-3-2-7-15(21)23/h4-6,9,11H,2-3,7-8,10H2,1H3,(H,20,22). The quantitative estimate of drug-likeness (QED) is 0.924. The average molecular weight is 328 g/mol. The molecule has 0 saturated carbocycles. The van der Waals surface area contributed by atoms with Crippen molar-refractivity contribution in [3.05, 3.63) is 35.4 Å². The van der Waals surface area contributed by atoms with Crippen LogP contribution in [0.1, 0.15) is 43.4 Å². The Balaban J connectivity index is 1.97. The smallest absolute Gasteiger partial charge is 0.348 e. The van der Waals surface area contributed by atoms with E-state index in [1.54, 1.807) is 6.92 Å². The largest absolute Gasteiger partial charge is 0.416 e. The second kappa shape index (κ2) is 7.02. The Morgan fingerprint density at radius 2 is 2.09 bits per heavy atom. The summed E-state index contributed by atoms with van der Waals surface area (Å²) in [5.41, 5.74) is -0.375. The maximum Gasteiger partial charge on any atom is 0.416 e. The molecule has 1 aromatic rings. The number of hydrogen-bond donors (Lipinski definition) is 1. The van der Waals surface area contributed by atoms with Gasteiger partial charge in [0.1, 0.15) is 0 Å². The van der Waals surface area contributed by atoms with Crippen LogP contribution in [0.4, 0.5) is 13.2 Å². The van der Waals surface area contributed by atoms with Crippen molar-refractivity contribution in [2.24, 2.45) is 0 Å². The molecule has 1 aliphatic rings. The van der Waals surface area contributed by atoms with Crippen molar-refractivity contribution in [1.82, 2.24) is 10.2 Å². The zero-order chi connectivity index (χ0) is 17.0. The maximum absolute atomic E-state index is 12.7. The lowest BCUT2D eigenvalue weighted by Gasteiger charge is -2.26. The highest BCUT2D eigenvalue weighted by molar-refractivity contribution is 5.85. The molecule has 1 N–H and O–H groups in total. The van der Waals surface area contributed by atoms with Gasteiger partial charge in [-0.2, -0.15) is 13.2 Å². The molecule has 1 heterocycles. The highest BCUT2D eigenvalue weighted by Crippen LogP contribution is 2.30. The molecule has 7 heteroatoms. The summed E-state index contributed by atoms with van der Waals surface area (Å²) in [5, 5.41) is 2.64. The van der Waals surface area contributed by atoms with Gasteiger partial charge >= 0.3 is 6.18 Å². The molecular formula is C16H19F3N2O2. The number of nitrogens with one attached hydrogen (secondary N) is 1. The highest BCUT2D eigenvalue weighted by Gasteiger charge is 2.30. The van der Waals surface area contributed by atoms with Gasteiger partial charge in [-0.1, -0.05) is 12.1 Å². The molecule has 1 fully saturated rings. The second-order valence-electron chi connectivity index (χ2n) is 5.68. The van der Waals surface area contributed by atoms with Gasteiger partial charge in [-0.15, -0.1) is 0 Å². The number of carbonyl (C=O) groups is 2. The molecule has 2 amide bonds. The molecule has 1 unspecified atom stereocenters. The van der Waals surface area contributed by atoms with Crippen molar-refractivity contribution in [3.63, 3.8) is 0 Å². The van der Waals surface area contributed by atoms with Crippen LogP contribution in [0.25, 0.3) is 0 Å². The third kappa shape index (κ3) is 4.71. The van der Waals surface area contributed by atoms with Gasteiger partial charge in [-0.05, 0) is 37.5 Å². The summed E-state index contributed by atoms with van der Waals surface area (Å²) in [6.07, 6.45) is -2.28. The van der Waals surface area contributed by atoms with Crippen LogP contribution in [0, 0.1) is 0 Å². The second-order valence-corrected chi connectivity index (χ2v) is 5.68. The van der Waals surface area contributed by atoms with Crippen molar-refractivity contribution >= 4 is 11.8 Å². The Kier molecular flexibility index (Phi) is 5.28. The van der Waals surface area contributed by atoms with Crippen LogP contribution in [0.15, 0.2) is 24.3 Å². The van der Waals surface area contributed by atoms with Crippen molar-refractivity contribution < 1.29 is 22.8 Å². The molecule has 1 atom stereocenters. The Morgan fingerprint density at radius 1 is 1.35 bits per heavy atom. The van der Waals surface area contributed by atoms with E-state index < -0.39 is 17.8 Å². The minimum Gasteiger partial charge on any atom is -0.348 e. The fourth-order valence-electron chi connectivity index (χ4n) is 2.56. The molecule has 0 aliphatic carbocycles. The molecule has 1 aliphatic heterocycles. The number of nitrogens with zero attached hydrogens (tertiary/aromatic N) is 1. The summed E-state index contributed by atoms with van der Waals surface area (Å²) in [5.74, 6) is -0.428. The van der Waals surface area contributed by atoms with E-state index in [1.165, 1.54) is 17.0 Å². The van der Waals surface area contributed by atoms with Gasteiger partial charge in [-0.25, -0.2) is 0 Å². The fourth-order valence-corrected chi connectivity index (χ4v) is 2.56. The number of rotatable bonds is 4. The van der Waals surface area contributed by atoms with Crippen molar-refractivity contribution in [3.8, 4) is 0 Å². The van der Waals surface area contributed by atoms with Crippen LogP contribution in [0.5, 0.6) is 0 Å². The van der Waals surface area contributed by atoms with Gasteiger partial charge in [-0.3, -0.25) is 9.59 Å². The lowest BCUT2D eigenvalue weighted by Crippen LogP contribution is -2.43. The zero-order valence-corrected chi connectivity index (χ0v) is 12.8. The summed E-state index contributed by atoms with van der Waals surface area (Å²) in [4.78, 5) is 25.1. The molecule has 2 rings (SSSR count). The van der Waals surface area contributed by atoms with Crippen LogP contribution >= 0.6 is 0 Å². The first-order chi connectivity index (χ1) is 10.8. The predicted molar refractivity (Wildman–Crippen MR) is 78.4 cm³/mol. The van der Waals surface area contributed by atoms with Gasteiger partial charge < -0.3 is 10.2 Å². The molecule has 0 radical (unpaired) electrons. The average Bonchev–Trinajstić information content (AvgIpc) is 2.49. The number of hydrogen-bond acceptors (Lipinski definition) is 2. The van der Waals surface area contributed by atoms with Crippen LogP contribution in [0.3, 0.4) is 0 Å². The SMILES string of the molecule is CC(NC(=O)CN1CCCCC1=O)c1cccc(C(F)(F)F)c1. The Hall–Kier alpha value is -2.05. The Morgan fingerprint density at radius 3 is 2.74 bits per heavy atom. The first kappa shape index (κ1) is 17.3. The van der Waals surface area contributed by atoms with Crippen LogP contribution in [-0.2, 0) is 15.8 Å². The Labute approximate surface area is 132 Å². The molecular weight excluding hydrogens is 309 g/mol. The van der Waals surface area contributed by atoms with E-state index in [4.69, 9.17) is 0 Å². The van der Waals surface area contributed by atoms with E-state index >= 15 is 0 Å². The molecule has 1 aromatic carbocycles. The topological polar surface area (TPSA) is 49.4 Å². The molecule has 0 spiro atoms. The van der Waals surface area contributed by atoms with Gasteiger partial charge in [0.05, 0.1) is 18.2 Å². The zero-order valence-electron chi connectivity index (χ0n) is 12.8. The molecule has 23 heavy (non-hydrogen) atoms. The number of piperidine rings is 1. The summed E-state index contributed by atoms with van der Waals surface area (Å²) >= 11 is 0. The number of likely N-dealkylation sites (tertiary alicyclic amines) is 1. The Bertz CT molecular complexity index is 587. The lowest BCUT2D eigenvalue weighted by molar-refractivity contribution is -0.138. The highest BCUT2D eigenvalue weighted by atomic mass is 19.4. The van der Waals surface area contributed by atoms with Gasteiger partial charge in [0.15, 0.2) is 0 Å². The number of alkyl halides is 3. The van der Waals surface area contributed by atoms with E-state index in [2.05, 4.69) is 5.32 Å². The van der Waals surface area contributed by atoms with E-state index in [0.29, 0.717) is 18.5 Å². The van der Waals surface area contributed by atoms with Crippen molar-refractivity contribution in [2.75, 3.05) is 13.1 Å². The van der Waals surface area contributed by atoms with Gasteiger partial charge in [0.25, 0.3) is 0 Å². The number of halogens is 3. The number of benzene rings is 1. The van der Waals surface area contributed by atoms with Crippen LogP contribution in [-0.4, -0.2) is 29.8 Å². The molecule has 0 aromatic heterocycles. The third-order valence-electron chi connectivity index (χ3n) is 3.85. The molecule has 1 saturated heterocycles. The van der Waals surface area contributed by atoms with E-state index in [1.807, 2.05) is 0 Å². The number of carbonyl (C=O) groups excluding carboxylic acids is 2. The summed E-state index contributed by atoms with van der Waals surface area (Å²) in [6.45, 7) is 2.11. The normalized spacial score (nSPS) is 17.0.